The van der Waals surface area contributed by atoms with Crippen LogP contribution in [-0.2, 0) is 6.54 Å². The van der Waals surface area contributed by atoms with Crippen molar-refractivity contribution >= 4 is 33.4 Å². The van der Waals surface area contributed by atoms with Crippen LogP contribution in [0.5, 0.6) is 5.75 Å². The molecule has 1 aromatic heterocycles. The number of Topliss-reactive ketones (excluding diaryl/α,β-unsaturated/α-hetero) is 1. The number of aryl methyl sites for hydroxylation is 2. The molecule has 4 aromatic rings. The number of ether oxygens (including phenoxy) is 1. The van der Waals surface area contributed by atoms with Gasteiger partial charge < -0.3 is 9.30 Å². The molecule has 4 heteroatoms. The fourth-order valence-corrected chi connectivity index (χ4v) is 4.54. The Morgan fingerprint density at radius 3 is 2.67 bits per heavy atom. The zero-order chi connectivity index (χ0) is 20.8. The average molecular weight is 397 g/mol. The Labute approximate surface area is 175 Å². The van der Waals surface area contributed by atoms with Crippen LogP contribution in [-0.4, -0.2) is 22.7 Å². The minimum atomic E-state index is 0.00594. The minimum absolute atomic E-state index is 0.00594. The third kappa shape index (κ3) is 2.75. The van der Waals surface area contributed by atoms with E-state index in [9.17, 15) is 9.59 Å². The number of carbonyl (C=O) groups is 2. The van der Waals surface area contributed by atoms with Crippen LogP contribution >= 0.6 is 0 Å². The van der Waals surface area contributed by atoms with E-state index in [1.807, 2.05) is 61.5 Å². The van der Waals surface area contributed by atoms with Crippen molar-refractivity contribution in [3.05, 3.63) is 76.9 Å². The van der Waals surface area contributed by atoms with Crippen LogP contribution < -0.4 is 4.74 Å². The first-order valence-corrected chi connectivity index (χ1v) is 10.5. The predicted molar refractivity (Wildman–Crippen MR) is 119 cm³/mol. The summed E-state index contributed by atoms with van der Waals surface area (Å²) < 4.78 is 8.30. The summed E-state index contributed by atoms with van der Waals surface area (Å²) in [5, 5.41) is 1.89. The second kappa shape index (κ2) is 7.13. The molecule has 150 valence electrons. The lowest BCUT2D eigenvalue weighted by atomic mass is 9.97. The van der Waals surface area contributed by atoms with Crippen LogP contribution in [0.15, 0.2) is 54.6 Å². The smallest absolute Gasteiger partial charge is 0.193 e. The highest BCUT2D eigenvalue weighted by molar-refractivity contribution is 6.18. The summed E-state index contributed by atoms with van der Waals surface area (Å²) in [5.41, 5.74) is 5.03. The van der Waals surface area contributed by atoms with Crippen molar-refractivity contribution in [3.63, 3.8) is 0 Å². The van der Waals surface area contributed by atoms with E-state index in [2.05, 4.69) is 11.5 Å². The maximum atomic E-state index is 13.2. The molecule has 0 amide bonds. The number of benzene rings is 3. The Balaban J connectivity index is 1.80. The molecular formula is C26H23NO3. The molecule has 0 bridgehead atoms. The molecule has 1 aliphatic rings. The number of ketones is 2. The number of rotatable bonds is 3. The molecule has 0 unspecified atom stereocenters. The Hall–Kier alpha value is -3.40. The summed E-state index contributed by atoms with van der Waals surface area (Å²) in [6.07, 6.45) is 1.22. The van der Waals surface area contributed by atoms with Gasteiger partial charge in [-0.3, -0.25) is 9.59 Å². The van der Waals surface area contributed by atoms with E-state index < -0.39 is 0 Å². The maximum absolute atomic E-state index is 13.2. The Kier molecular flexibility index (Phi) is 4.43. The lowest BCUT2D eigenvalue weighted by Crippen LogP contribution is -2.03. The van der Waals surface area contributed by atoms with Gasteiger partial charge in [-0.2, -0.15) is 0 Å². The zero-order valence-corrected chi connectivity index (χ0v) is 17.2. The number of nitrogens with zero attached hydrogens (tertiary/aromatic N) is 1. The van der Waals surface area contributed by atoms with Gasteiger partial charge in [0.15, 0.2) is 11.6 Å². The second-order valence-electron chi connectivity index (χ2n) is 7.83. The van der Waals surface area contributed by atoms with Crippen LogP contribution in [0.4, 0.5) is 0 Å². The van der Waals surface area contributed by atoms with Gasteiger partial charge in [-0.15, -0.1) is 0 Å². The molecule has 0 radical (unpaired) electrons. The highest BCUT2D eigenvalue weighted by Crippen LogP contribution is 2.40. The van der Waals surface area contributed by atoms with E-state index >= 15 is 0 Å². The van der Waals surface area contributed by atoms with Gasteiger partial charge in [0.1, 0.15) is 5.75 Å². The molecule has 0 saturated heterocycles. The number of aromatic nitrogens is 1. The molecule has 0 spiro atoms. The fraction of sp³-hybridized carbons (Fsp3) is 0.231. The largest absolute Gasteiger partial charge is 0.492 e. The molecule has 0 saturated carbocycles. The zero-order valence-electron chi connectivity index (χ0n) is 17.2. The monoisotopic (exact) mass is 397 g/mol. The van der Waals surface area contributed by atoms with Gasteiger partial charge in [0.05, 0.1) is 23.1 Å². The topological polar surface area (TPSA) is 48.3 Å². The SMILES string of the molecule is CCn1c2ccc(C(=O)c3ccccc3C)cc2c2c3c(ccc21)C(=O)CCCO3. The van der Waals surface area contributed by atoms with Gasteiger partial charge in [-0.1, -0.05) is 24.3 Å². The Morgan fingerprint density at radius 2 is 1.87 bits per heavy atom. The van der Waals surface area contributed by atoms with Crippen molar-refractivity contribution in [2.24, 2.45) is 0 Å². The summed E-state index contributed by atoms with van der Waals surface area (Å²) >= 11 is 0. The van der Waals surface area contributed by atoms with Crippen LogP contribution in [0.2, 0.25) is 0 Å². The van der Waals surface area contributed by atoms with Gasteiger partial charge >= 0.3 is 0 Å². The molecule has 2 heterocycles. The predicted octanol–water partition coefficient (Wildman–Crippen LogP) is 5.71. The fourth-order valence-electron chi connectivity index (χ4n) is 4.54. The van der Waals surface area contributed by atoms with Crippen molar-refractivity contribution in [2.75, 3.05) is 6.61 Å². The Morgan fingerprint density at radius 1 is 1.07 bits per heavy atom. The summed E-state index contributed by atoms with van der Waals surface area (Å²) in [7, 11) is 0. The van der Waals surface area contributed by atoms with Crippen LogP contribution in [0.25, 0.3) is 21.8 Å². The highest BCUT2D eigenvalue weighted by atomic mass is 16.5. The number of fused-ring (bicyclic) bond motifs is 5. The lowest BCUT2D eigenvalue weighted by Gasteiger charge is -2.09. The maximum Gasteiger partial charge on any atom is 0.193 e. The molecule has 4 nitrogen and oxygen atoms in total. The standard InChI is InChI=1S/C26H23NO3/c1-3-27-21-12-10-17(25(29)18-8-5-4-7-16(18)2)15-20(21)24-22(27)13-11-19-23(28)9-6-14-30-26(19)24/h4-5,7-8,10-13,15H,3,6,9,14H2,1-2H3. The molecule has 5 rings (SSSR count). The van der Waals surface area contributed by atoms with Gasteiger partial charge in [0, 0.05) is 35.0 Å². The van der Waals surface area contributed by atoms with Crippen LogP contribution in [0.1, 0.15) is 51.6 Å². The molecule has 0 aliphatic carbocycles. The van der Waals surface area contributed by atoms with E-state index in [4.69, 9.17) is 4.74 Å². The van der Waals surface area contributed by atoms with Crippen molar-refractivity contribution in [1.82, 2.24) is 4.57 Å². The van der Waals surface area contributed by atoms with Crippen molar-refractivity contribution in [3.8, 4) is 5.75 Å². The molecule has 3 aromatic carbocycles. The van der Waals surface area contributed by atoms with E-state index in [-0.39, 0.29) is 11.6 Å². The van der Waals surface area contributed by atoms with Gasteiger partial charge in [-0.25, -0.2) is 0 Å². The van der Waals surface area contributed by atoms with E-state index in [1.54, 1.807) is 0 Å². The molecular weight excluding hydrogens is 374 g/mol. The second-order valence-corrected chi connectivity index (χ2v) is 7.83. The first-order valence-electron chi connectivity index (χ1n) is 10.5. The van der Waals surface area contributed by atoms with Crippen molar-refractivity contribution in [1.29, 1.82) is 0 Å². The minimum Gasteiger partial charge on any atom is -0.492 e. The van der Waals surface area contributed by atoms with E-state index in [0.29, 0.717) is 35.5 Å². The quantitative estimate of drug-likeness (QED) is 0.416. The van der Waals surface area contributed by atoms with Crippen LogP contribution in [0.3, 0.4) is 0 Å². The highest BCUT2D eigenvalue weighted by Gasteiger charge is 2.24. The summed E-state index contributed by atoms with van der Waals surface area (Å²) in [5.74, 6) is 0.785. The average Bonchev–Trinajstić information content (AvgIpc) is 2.96. The first-order chi connectivity index (χ1) is 14.6. The normalized spacial score (nSPS) is 13.9. The van der Waals surface area contributed by atoms with Gasteiger partial charge in [-0.05, 0) is 56.2 Å². The van der Waals surface area contributed by atoms with E-state index in [1.165, 1.54) is 0 Å². The molecule has 0 atom stereocenters. The number of hydrogen-bond acceptors (Lipinski definition) is 3. The van der Waals surface area contributed by atoms with Crippen molar-refractivity contribution < 1.29 is 14.3 Å². The molecule has 0 N–H and O–H groups in total. The van der Waals surface area contributed by atoms with Crippen molar-refractivity contribution in [2.45, 2.75) is 33.2 Å². The molecule has 30 heavy (non-hydrogen) atoms. The first kappa shape index (κ1) is 18.6. The Bertz CT molecular complexity index is 1330. The number of carbonyl (C=O) groups excluding carboxylic acids is 2. The third-order valence-electron chi connectivity index (χ3n) is 6.05. The summed E-state index contributed by atoms with van der Waals surface area (Å²) in [4.78, 5) is 25.8. The van der Waals surface area contributed by atoms with Gasteiger partial charge in [0.2, 0.25) is 0 Å². The van der Waals surface area contributed by atoms with Gasteiger partial charge in [0.25, 0.3) is 0 Å². The lowest BCUT2D eigenvalue weighted by molar-refractivity contribution is 0.0982. The van der Waals surface area contributed by atoms with E-state index in [0.717, 1.165) is 40.3 Å². The third-order valence-corrected chi connectivity index (χ3v) is 6.05. The van der Waals surface area contributed by atoms with Crippen LogP contribution in [0, 0.1) is 6.92 Å². The number of hydrogen-bond donors (Lipinski definition) is 0. The molecule has 0 fully saturated rings. The molecule has 1 aliphatic heterocycles. The summed E-state index contributed by atoms with van der Waals surface area (Å²) in [6.45, 7) is 5.37. The summed E-state index contributed by atoms with van der Waals surface area (Å²) in [6, 6.07) is 17.4.